The molecule has 1 amide bonds. The number of hydrogen-bond acceptors (Lipinski definition) is 4. The van der Waals surface area contributed by atoms with Crippen molar-refractivity contribution in [3.05, 3.63) is 35.9 Å². The largest absolute Gasteiger partial charge is 0.466 e. The van der Waals surface area contributed by atoms with E-state index in [1.807, 2.05) is 30.3 Å². The summed E-state index contributed by atoms with van der Waals surface area (Å²) in [6.45, 7) is 3.61. The van der Waals surface area contributed by atoms with Crippen molar-refractivity contribution in [2.24, 2.45) is 0 Å². The van der Waals surface area contributed by atoms with Crippen molar-refractivity contribution < 1.29 is 19.1 Å². The summed E-state index contributed by atoms with van der Waals surface area (Å²) in [6, 6.07) is 9.59. The van der Waals surface area contributed by atoms with Crippen LogP contribution >= 0.6 is 0 Å². The average molecular weight is 406 g/mol. The third kappa shape index (κ3) is 15.5. The Morgan fingerprint density at radius 1 is 0.793 bits per heavy atom. The van der Waals surface area contributed by atoms with Crippen LogP contribution in [0.25, 0.3) is 0 Å². The maximum Gasteiger partial charge on any atom is 0.407 e. The zero-order valence-corrected chi connectivity index (χ0v) is 18.1. The van der Waals surface area contributed by atoms with Crippen LogP contribution in [0, 0.1) is 0 Å². The van der Waals surface area contributed by atoms with E-state index in [1.165, 1.54) is 38.5 Å². The molecule has 1 rings (SSSR count). The van der Waals surface area contributed by atoms with Gasteiger partial charge in [-0.15, -0.1) is 0 Å². The van der Waals surface area contributed by atoms with E-state index in [2.05, 4.69) is 12.2 Å². The number of benzene rings is 1. The number of nitrogens with one attached hydrogen (secondary N) is 1. The van der Waals surface area contributed by atoms with Gasteiger partial charge in [0.1, 0.15) is 6.61 Å². The number of amides is 1. The van der Waals surface area contributed by atoms with Crippen molar-refractivity contribution >= 4 is 12.1 Å². The molecule has 0 fully saturated rings. The zero-order chi connectivity index (χ0) is 21.0. The molecule has 0 saturated heterocycles. The summed E-state index contributed by atoms with van der Waals surface area (Å²) in [5.74, 6) is -0.108. The summed E-state index contributed by atoms with van der Waals surface area (Å²) >= 11 is 0. The van der Waals surface area contributed by atoms with E-state index in [-0.39, 0.29) is 12.6 Å². The Morgan fingerprint density at radius 2 is 1.45 bits per heavy atom. The van der Waals surface area contributed by atoms with Crippen LogP contribution < -0.4 is 5.32 Å². The molecule has 5 heteroatoms. The van der Waals surface area contributed by atoms with Crippen LogP contribution in [0.4, 0.5) is 4.79 Å². The molecule has 0 aliphatic rings. The maximum atomic E-state index is 11.7. The minimum Gasteiger partial charge on any atom is -0.466 e. The number of hydrogen-bond donors (Lipinski definition) is 1. The standard InChI is InChI=1S/C24H39NO4/c1-2-3-4-5-6-7-8-15-20-28-23(26)18-13-10-14-19-25-24(27)29-21-22-16-11-9-12-17-22/h9,11-12,16-17H,2-8,10,13-15,18-21H2,1H3,(H,25,27). The lowest BCUT2D eigenvalue weighted by molar-refractivity contribution is -0.143. The lowest BCUT2D eigenvalue weighted by Crippen LogP contribution is -2.25. The lowest BCUT2D eigenvalue weighted by atomic mass is 10.1. The first kappa shape index (κ1) is 25.0. The van der Waals surface area contributed by atoms with E-state index < -0.39 is 6.09 Å². The number of ether oxygens (including phenoxy) is 2. The Hall–Kier alpha value is -2.04. The summed E-state index contributed by atoms with van der Waals surface area (Å²) < 4.78 is 10.4. The Balaban J connectivity index is 1.84. The molecule has 0 bridgehead atoms. The monoisotopic (exact) mass is 405 g/mol. The molecule has 29 heavy (non-hydrogen) atoms. The van der Waals surface area contributed by atoms with Gasteiger partial charge in [-0.25, -0.2) is 4.79 Å². The topological polar surface area (TPSA) is 64.6 Å². The second kappa shape index (κ2) is 18.0. The van der Waals surface area contributed by atoms with Gasteiger partial charge in [-0.1, -0.05) is 88.6 Å². The number of carbonyl (C=O) groups is 2. The Bertz CT molecular complexity index is 533. The van der Waals surface area contributed by atoms with Gasteiger partial charge in [0.2, 0.25) is 0 Å². The molecule has 0 aromatic heterocycles. The first-order valence-corrected chi connectivity index (χ1v) is 11.3. The maximum absolute atomic E-state index is 11.7. The first-order valence-electron chi connectivity index (χ1n) is 11.3. The highest BCUT2D eigenvalue weighted by Crippen LogP contribution is 2.09. The van der Waals surface area contributed by atoms with Gasteiger partial charge in [-0.2, -0.15) is 0 Å². The number of rotatable bonds is 17. The van der Waals surface area contributed by atoms with Crippen molar-refractivity contribution in [3.63, 3.8) is 0 Å². The quantitative estimate of drug-likeness (QED) is 0.249. The smallest absolute Gasteiger partial charge is 0.407 e. The lowest BCUT2D eigenvalue weighted by Gasteiger charge is -2.07. The van der Waals surface area contributed by atoms with Crippen molar-refractivity contribution in [2.45, 2.75) is 90.6 Å². The van der Waals surface area contributed by atoms with Crippen molar-refractivity contribution in [3.8, 4) is 0 Å². The summed E-state index contributed by atoms with van der Waals surface area (Å²) in [5, 5.41) is 2.73. The van der Waals surface area contributed by atoms with Crippen LogP contribution in [-0.2, 0) is 20.9 Å². The second-order valence-corrected chi connectivity index (χ2v) is 7.49. The molecule has 0 radical (unpaired) electrons. The molecule has 1 aromatic rings. The molecule has 164 valence electrons. The van der Waals surface area contributed by atoms with Gasteiger partial charge in [0.25, 0.3) is 0 Å². The van der Waals surface area contributed by atoms with Crippen molar-refractivity contribution in [1.82, 2.24) is 5.32 Å². The minimum absolute atomic E-state index is 0.108. The SMILES string of the molecule is CCCCCCCCCCOC(=O)CCCCCNC(=O)OCc1ccccc1. The van der Waals surface area contributed by atoms with Crippen LogP contribution in [0.5, 0.6) is 0 Å². The van der Waals surface area contributed by atoms with E-state index in [1.54, 1.807) is 0 Å². The third-order valence-electron chi connectivity index (χ3n) is 4.80. The van der Waals surface area contributed by atoms with Gasteiger partial charge >= 0.3 is 12.1 Å². The summed E-state index contributed by atoms with van der Waals surface area (Å²) in [5.41, 5.74) is 0.966. The average Bonchev–Trinajstić information content (AvgIpc) is 2.74. The number of carbonyl (C=O) groups excluding carboxylic acids is 2. The Labute approximate surface area is 176 Å². The van der Waals surface area contributed by atoms with Gasteiger partial charge in [0.05, 0.1) is 6.61 Å². The second-order valence-electron chi connectivity index (χ2n) is 7.49. The van der Waals surface area contributed by atoms with Gasteiger partial charge < -0.3 is 14.8 Å². The minimum atomic E-state index is -0.404. The fourth-order valence-corrected chi connectivity index (χ4v) is 3.03. The highest BCUT2D eigenvalue weighted by Gasteiger charge is 2.04. The van der Waals surface area contributed by atoms with E-state index in [0.717, 1.165) is 37.7 Å². The fourth-order valence-electron chi connectivity index (χ4n) is 3.03. The molecular formula is C24H39NO4. The molecule has 0 atom stereocenters. The van der Waals surface area contributed by atoms with Crippen LogP contribution in [0.2, 0.25) is 0 Å². The van der Waals surface area contributed by atoms with Gasteiger partial charge in [-0.3, -0.25) is 4.79 Å². The van der Waals surface area contributed by atoms with Crippen LogP contribution in [0.15, 0.2) is 30.3 Å². The predicted molar refractivity (Wildman–Crippen MR) is 117 cm³/mol. The van der Waals surface area contributed by atoms with Gasteiger partial charge in [0, 0.05) is 13.0 Å². The van der Waals surface area contributed by atoms with Crippen molar-refractivity contribution in [2.75, 3.05) is 13.2 Å². The van der Waals surface area contributed by atoms with E-state index >= 15 is 0 Å². The molecule has 0 aliphatic carbocycles. The van der Waals surface area contributed by atoms with E-state index in [9.17, 15) is 9.59 Å². The van der Waals surface area contributed by atoms with Gasteiger partial charge in [-0.05, 0) is 24.8 Å². The van der Waals surface area contributed by atoms with Gasteiger partial charge in [0.15, 0.2) is 0 Å². The molecule has 0 spiro atoms. The third-order valence-corrected chi connectivity index (χ3v) is 4.80. The number of alkyl carbamates (subject to hydrolysis) is 1. The molecule has 1 aromatic carbocycles. The normalized spacial score (nSPS) is 10.5. The molecule has 0 saturated carbocycles. The van der Waals surface area contributed by atoms with Crippen LogP contribution in [0.1, 0.15) is 89.5 Å². The van der Waals surface area contributed by atoms with Crippen LogP contribution in [0.3, 0.4) is 0 Å². The van der Waals surface area contributed by atoms with E-state index in [0.29, 0.717) is 19.6 Å². The zero-order valence-electron chi connectivity index (χ0n) is 18.1. The van der Waals surface area contributed by atoms with E-state index in [4.69, 9.17) is 9.47 Å². The summed E-state index contributed by atoms with van der Waals surface area (Å²) in [7, 11) is 0. The summed E-state index contributed by atoms with van der Waals surface area (Å²) in [6.07, 6.45) is 12.5. The highest BCUT2D eigenvalue weighted by molar-refractivity contribution is 5.69. The number of unbranched alkanes of at least 4 members (excludes halogenated alkanes) is 9. The predicted octanol–water partition coefficient (Wildman–Crippen LogP) is 6.16. The first-order chi connectivity index (χ1) is 14.2. The Kier molecular flexibility index (Phi) is 15.5. The Morgan fingerprint density at radius 3 is 2.17 bits per heavy atom. The highest BCUT2D eigenvalue weighted by atomic mass is 16.5. The molecule has 5 nitrogen and oxygen atoms in total. The molecule has 1 N–H and O–H groups in total. The fraction of sp³-hybridized carbons (Fsp3) is 0.667. The molecular weight excluding hydrogens is 366 g/mol. The molecule has 0 unspecified atom stereocenters. The molecule has 0 aliphatic heterocycles. The molecule has 0 heterocycles. The number of esters is 1. The summed E-state index contributed by atoms with van der Waals surface area (Å²) in [4.78, 5) is 23.3. The van der Waals surface area contributed by atoms with Crippen LogP contribution in [-0.4, -0.2) is 25.2 Å². The van der Waals surface area contributed by atoms with Crippen molar-refractivity contribution in [1.29, 1.82) is 0 Å².